The number of allylic oxidation sites excluding steroid dienone is 4. The van der Waals surface area contributed by atoms with E-state index >= 15 is 0 Å². The number of aliphatic imine (C=N–C) groups is 1. The molecule has 0 aromatic heterocycles. The van der Waals surface area contributed by atoms with Gasteiger partial charge < -0.3 is 26.4 Å². The van der Waals surface area contributed by atoms with Crippen molar-refractivity contribution in [3.8, 4) is 0 Å². The van der Waals surface area contributed by atoms with Gasteiger partial charge in [-0.15, -0.1) is 0 Å². The Balaban J connectivity index is 0.000000533. The standard InChI is InChI=1S/C19H32N4O5S.C16H34O/c1-10-11(2)16(12(3)13-9-19(4,5)28-15(10)13)29(26,27)23-14(17(24)25)7-6-8-22-18(20)21;1-2-3-4-5-6-7-8-9-10-11-12-13-14-15-16-17/h12-14,23H,6-9H2,1-5H3,(H,24,25)(H4,20,21,22);17H,2-16H2,1H3. The van der Waals surface area contributed by atoms with E-state index in [0.29, 0.717) is 25.0 Å². The summed E-state index contributed by atoms with van der Waals surface area (Å²) in [6, 6.07) is -1.26. The Morgan fingerprint density at radius 3 is 1.89 bits per heavy atom. The number of ether oxygens (including phenoxy) is 1. The van der Waals surface area contributed by atoms with Crippen LogP contribution < -0.4 is 16.2 Å². The van der Waals surface area contributed by atoms with E-state index in [0.717, 1.165) is 17.8 Å². The lowest BCUT2D eigenvalue weighted by atomic mass is 9.79. The fourth-order valence-electron chi connectivity index (χ4n) is 6.43. The zero-order valence-electron chi connectivity index (χ0n) is 29.7. The molecule has 268 valence electrons. The fourth-order valence-corrected chi connectivity index (χ4v) is 8.36. The Hall–Kier alpha value is -2.11. The molecule has 0 spiro atoms. The van der Waals surface area contributed by atoms with Crippen molar-refractivity contribution in [3.05, 3.63) is 21.8 Å². The summed E-state index contributed by atoms with van der Waals surface area (Å²) in [5.74, 6) is -0.854. The second-order valence-electron chi connectivity index (χ2n) is 13.7. The Labute approximate surface area is 280 Å². The number of aliphatic carboxylic acids is 1. The number of nitrogens with one attached hydrogen (secondary N) is 1. The van der Waals surface area contributed by atoms with E-state index < -0.39 is 22.0 Å². The van der Waals surface area contributed by atoms with Gasteiger partial charge in [0, 0.05) is 25.0 Å². The number of carbonyl (C=O) groups is 1. The van der Waals surface area contributed by atoms with Crippen molar-refractivity contribution in [2.75, 3.05) is 13.2 Å². The summed E-state index contributed by atoms with van der Waals surface area (Å²) >= 11 is 0. The Morgan fingerprint density at radius 1 is 0.935 bits per heavy atom. The zero-order chi connectivity index (χ0) is 34.8. The molecule has 3 unspecified atom stereocenters. The first-order chi connectivity index (χ1) is 21.7. The number of rotatable bonds is 22. The van der Waals surface area contributed by atoms with Crippen molar-refractivity contribution in [3.63, 3.8) is 0 Å². The Morgan fingerprint density at radius 2 is 1.43 bits per heavy atom. The first-order valence-corrected chi connectivity index (χ1v) is 19.2. The highest BCUT2D eigenvalue weighted by Gasteiger charge is 2.47. The van der Waals surface area contributed by atoms with E-state index in [-0.39, 0.29) is 41.3 Å². The second-order valence-corrected chi connectivity index (χ2v) is 15.4. The van der Waals surface area contributed by atoms with Crippen LogP contribution in [0.2, 0.25) is 0 Å². The number of hydrogen-bond acceptors (Lipinski definition) is 6. The highest BCUT2D eigenvalue weighted by Crippen LogP contribution is 2.50. The van der Waals surface area contributed by atoms with Crippen LogP contribution in [0.15, 0.2) is 26.8 Å². The fraction of sp³-hybridized carbons (Fsp3) is 0.829. The van der Waals surface area contributed by atoms with Crippen LogP contribution in [0.25, 0.3) is 0 Å². The van der Waals surface area contributed by atoms with Gasteiger partial charge in [-0.25, -0.2) is 8.42 Å². The van der Waals surface area contributed by atoms with Crippen molar-refractivity contribution in [1.82, 2.24) is 4.72 Å². The molecular weight excluding hydrogens is 604 g/mol. The number of nitrogens with two attached hydrogens (primary N) is 2. The number of unbranched alkanes of at least 4 members (excludes halogenated alkanes) is 13. The number of guanidine groups is 1. The summed E-state index contributed by atoms with van der Waals surface area (Å²) in [5.41, 5.74) is 11.6. The van der Waals surface area contributed by atoms with Gasteiger partial charge >= 0.3 is 5.97 Å². The molecule has 46 heavy (non-hydrogen) atoms. The van der Waals surface area contributed by atoms with Gasteiger partial charge in [-0.2, -0.15) is 4.72 Å². The van der Waals surface area contributed by atoms with Gasteiger partial charge in [-0.3, -0.25) is 9.79 Å². The minimum absolute atomic E-state index is 0.0505. The van der Waals surface area contributed by atoms with E-state index in [1.807, 2.05) is 27.7 Å². The van der Waals surface area contributed by atoms with Gasteiger partial charge in [-0.05, 0) is 64.5 Å². The average Bonchev–Trinajstić information content (AvgIpc) is 3.31. The third kappa shape index (κ3) is 15.2. The van der Waals surface area contributed by atoms with Crippen molar-refractivity contribution in [1.29, 1.82) is 0 Å². The van der Waals surface area contributed by atoms with Gasteiger partial charge in [0.2, 0.25) is 10.0 Å². The number of aliphatic hydroxyl groups excluding tert-OH is 1. The lowest BCUT2D eigenvalue weighted by Crippen LogP contribution is -2.43. The predicted molar refractivity (Wildman–Crippen MR) is 189 cm³/mol. The molecule has 2 aliphatic rings. The summed E-state index contributed by atoms with van der Waals surface area (Å²) in [4.78, 5) is 15.7. The highest BCUT2D eigenvalue weighted by molar-refractivity contribution is 7.93. The Bertz CT molecular complexity index is 1100. The number of nitrogens with zero attached hydrogens (tertiary/aromatic N) is 1. The molecular formula is C35H66N4O6S. The molecule has 0 aromatic rings. The molecule has 0 bridgehead atoms. The monoisotopic (exact) mass is 670 g/mol. The summed E-state index contributed by atoms with van der Waals surface area (Å²) in [7, 11) is -4.01. The average molecular weight is 671 g/mol. The van der Waals surface area contributed by atoms with E-state index in [9.17, 15) is 18.3 Å². The van der Waals surface area contributed by atoms with Gasteiger partial charge in [0.1, 0.15) is 17.4 Å². The van der Waals surface area contributed by atoms with Gasteiger partial charge in [0.05, 0.1) is 4.91 Å². The zero-order valence-corrected chi connectivity index (χ0v) is 30.5. The molecule has 1 saturated heterocycles. The topological polar surface area (TPSA) is 177 Å². The van der Waals surface area contributed by atoms with Crippen molar-refractivity contribution < 1.29 is 28.2 Å². The van der Waals surface area contributed by atoms with Crippen LogP contribution in [0, 0.1) is 11.8 Å². The molecule has 0 aromatic carbocycles. The molecule has 1 aliphatic carbocycles. The number of sulfonamides is 1. The maximum Gasteiger partial charge on any atom is 0.321 e. The summed E-state index contributed by atoms with van der Waals surface area (Å²) in [6.45, 7) is 12.3. The van der Waals surface area contributed by atoms with Crippen LogP contribution in [0.4, 0.5) is 0 Å². The van der Waals surface area contributed by atoms with E-state index in [1.165, 1.54) is 83.5 Å². The molecule has 3 atom stereocenters. The lowest BCUT2D eigenvalue weighted by molar-refractivity contribution is -0.139. The molecule has 1 aliphatic heterocycles. The normalized spacial score (nSPS) is 19.6. The number of carboxylic acids is 1. The summed E-state index contributed by atoms with van der Waals surface area (Å²) in [6.07, 6.45) is 20.3. The molecule has 2 rings (SSSR count). The van der Waals surface area contributed by atoms with Crippen molar-refractivity contribution in [2.24, 2.45) is 28.3 Å². The van der Waals surface area contributed by atoms with Crippen molar-refractivity contribution >= 4 is 22.0 Å². The predicted octanol–water partition coefficient (Wildman–Crippen LogP) is 6.89. The highest BCUT2D eigenvalue weighted by atomic mass is 32.2. The third-order valence-corrected chi connectivity index (χ3v) is 10.9. The molecule has 11 heteroatoms. The number of aliphatic hydroxyl groups is 1. The first-order valence-electron chi connectivity index (χ1n) is 17.7. The molecule has 1 heterocycles. The smallest absolute Gasteiger partial charge is 0.321 e. The van der Waals surface area contributed by atoms with Crippen LogP contribution >= 0.6 is 0 Å². The van der Waals surface area contributed by atoms with Gasteiger partial charge in [0.25, 0.3) is 0 Å². The van der Waals surface area contributed by atoms with Crippen LogP contribution in [0.3, 0.4) is 0 Å². The van der Waals surface area contributed by atoms with Crippen LogP contribution in [0.5, 0.6) is 0 Å². The summed E-state index contributed by atoms with van der Waals surface area (Å²) < 4.78 is 34.8. The molecule has 0 saturated carbocycles. The minimum atomic E-state index is -4.01. The van der Waals surface area contributed by atoms with E-state index in [2.05, 4.69) is 16.6 Å². The van der Waals surface area contributed by atoms with E-state index in [1.54, 1.807) is 6.92 Å². The Kier molecular flexibility index (Phi) is 19.8. The molecule has 10 nitrogen and oxygen atoms in total. The maximum absolute atomic E-state index is 13.2. The van der Waals surface area contributed by atoms with E-state index in [4.69, 9.17) is 21.3 Å². The van der Waals surface area contributed by atoms with Gasteiger partial charge in [0.15, 0.2) is 5.96 Å². The number of fused-ring (bicyclic) bond motifs is 1. The summed E-state index contributed by atoms with van der Waals surface area (Å²) in [5, 5.41) is 18.1. The largest absolute Gasteiger partial charge is 0.492 e. The second kappa shape index (κ2) is 21.7. The third-order valence-electron chi connectivity index (χ3n) is 9.10. The first kappa shape index (κ1) is 41.9. The van der Waals surface area contributed by atoms with Crippen molar-refractivity contribution in [2.45, 2.75) is 162 Å². The maximum atomic E-state index is 13.2. The molecule has 7 N–H and O–H groups in total. The SMILES string of the molecule is CC1=C2OC(C)(C)CC2C(C)C(S(=O)(=O)NC(CCCN=C(N)N)C(=O)O)=C1C.CCCCCCCCCCCCCCCCO. The molecule has 1 fully saturated rings. The van der Waals surface area contributed by atoms with Crippen LogP contribution in [0.1, 0.15) is 151 Å². The molecule has 0 radical (unpaired) electrons. The van der Waals surface area contributed by atoms with Crippen LogP contribution in [-0.4, -0.2) is 55.4 Å². The minimum Gasteiger partial charge on any atom is -0.492 e. The quantitative estimate of drug-likeness (QED) is 0.0470. The number of hydrogen-bond donors (Lipinski definition) is 5. The molecule has 0 amide bonds. The van der Waals surface area contributed by atoms with Gasteiger partial charge in [-0.1, -0.05) is 97.3 Å². The lowest BCUT2D eigenvalue weighted by Gasteiger charge is -2.31. The van der Waals surface area contributed by atoms with Crippen LogP contribution in [-0.2, 0) is 19.6 Å². The number of carboxylic acid groups (broad SMARTS) is 1.